The van der Waals surface area contributed by atoms with Crippen molar-refractivity contribution in [3.8, 4) is 0 Å². The first-order valence-corrected chi connectivity index (χ1v) is 5.31. The summed E-state index contributed by atoms with van der Waals surface area (Å²) in [5.74, 6) is -8.73. The van der Waals surface area contributed by atoms with Crippen LogP contribution in [0, 0.1) is 0 Å². The SMILES string of the molecule is CCCCCCOCC(F)(F)C(F)(F)CO. The molecule has 0 aliphatic carbocycles. The molecule has 0 rings (SSSR count). The Bertz CT molecular complexity index is 186. The number of alkyl halides is 4. The van der Waals surface area contributed by atoms with Gasteiger partial charge in [0.25, 0.3) is 0 Å². The van der Waals surface area contributed by atoms with Gasteiger partial charge in [-0.05, 0) is 6.42 Å². The van der Waals surface area contributed by atoms with Crippen molar-refractivity contribution in [1.82, 2.24) is 0 Å². The van der Waals surface area contributed by atoms with Crippen LogP contribution in [0.1, 0.15) is 32.6 Å². The van der Waals surface area contributed by atoms with Gasteiger partial charge in [0.1, 0.15) is 13.2 Å². The van der Waals surface area contributed by atoms with Crippen LogP contribution in [0.25, 0.3) is 0 Å². The molecular formula is C10H18F4O2. The number of aliphatic hydroxyl groups is 1. The Kier molecular flexibility index (Phi) is 6.90. The molecule has 98 valence electrons. The third-order valence-corrected chi connectivity index (χ3v) is 2.16. The highest BCUT2D eigenvalue weighted by Crippen LogP contribution is 2.33. The highest BCUT2D eigenvalue weighted by atomic mass is 19.3. The Hall–Kier alpha value is -0.360. The highest BCUT2D eigenvalue weighted by Gasteiger charge is 2.55. The van der Waals surface area contributed by atoms with Crippen LogP contribution in [0.4, 0.5) is 17.6 Å². The van der Waals surface area contributed by atoms with Gasteiger partial charge in [-0.15, -0.1) is 0 Å². The summed E-state index contributed by atoms with van der Waals surface area (Å²) in [5, 5.41) is 8.12. The maximum atomic E-state index is 12.7. The third kappa shape index (κ3) is 5.12. The van der Waals surface area contributed by atoms with E-state index in [1.165, 1.54) is 0 Å². The van der Waals surface area contributed by atoms with E-state index in [-0.39, 0.29) is 6.61 Å². The zero-order chi connectivity index (χ0) is 12.7. The second-order valence-corrected chi connectivity index (χ2v) is 3.68. The van der Waals surface area contributed by atoms with E-state index in [9.17, 15) is 17.6 Å². The van der Waals surface area contributed by atoms with Crippen molar-refractivity contribution in [3.63, 3.8) is 0 Å². The third-order valence-electron chi connectivity index (χ3n) is 2.16. The van der Waals surface area contributed by atoms with Gasteiger partial charge in [-0.25, -0.2) is 0 Å². The number of halogens is 4. The molecule has 0 aliphatic rings. The first-order valence-electron chi connectivity index (χ1n) is 5.31. The average molecular weight is 246 g/mol. The number of ether oxygens (including phenoxy) is 1. The summed E-state index contributed by atoms with van der Waals surface area (Å²) in [7, 11) is 0. The van der Waals surface area contributed by atoms with Gasteiger partial charge in [-0.3, -0.25) is 0 Å². The predicted octanol–water partition coefficient (Wildman–Crippen LogP) is 2.85. The quantitative estimate of drug-likeness (QED) is 0.500. The van der Waals surface area contributed by atoms with E-state index < -0.39 is 25.1 Å². The molecule has 0 fully saturated rings. The van der Waals surface area contributed by atoms with Crippen LogP contribution in [-0.2, 0) is 4.74 Å². The molecule has 0 aliphatic heterocycles. The maximum Gasteiger partial charge on any atom is 0.335 e. The fourth-order valence-electron chi connectivity index (χ4n) is 1.05. The van der Waals surface area contributed by atoms with E-state index in [1.54, 1.807) is 0 Å². The van der Waals surface area contributed by atoms with Crippen LogP contribution >= 0.6 is 0 Å². The van der Waals surface area contributed by atoms with Gasteiger partial charge >= 0.3 is 11.8 Å². The van der Waals surface area contributed by atoms with E-state index in [4.69, 9.17) is 5.11 Å². The topological polar surface area (TPSA) is 29.5 Å². The molecule has 0 aromatic carbocycles. The van der Waals surface area contributed by atoms with E-state index in [0.717, 1.165) is 19.3 Å². The fourth-order valence-corrected chi connectivity index (χ4v) is 1.05. The van der Waals surface area contributed by atoms with E-state index in [2.05, 4.69) is 4.74 Å². The van der Waals surface area contributed by atoms with Gasteiger partial charge in [-0.1, -0.05) is 26.2 Å². The lowest BCUT2D eigenvalue weighted by Crippen LogP contribution is -2.46. The molecule has 16 heavy (non-hydrogen) atoms. The molecule has 6 heteroatoms. The highest BCUT2D eigenvalue weighted by molar-refractivity contribution is 4.83. The lowest BCUT2D eigenvalue weighted by Gasteiger charge is -2.24. The minimum absolute atomic E-state index is 0.0388. The molecule has 0 spiro atoms. The van der Waals surface area contributed by atoms with Crippen molar-refractivity contribution in [3.05, 3.63) is 0 Å². The lowest BCUT2D eigenvalue weighted by atomic mass is 10.2. The molecule has 0 saturated carbocycles. The molecule has 0 atom stereocenters. The molecule has 0 unspecified atom stereocenters. The van der Waals surface area contributed by atoms with Crippen molar-refractivity contribution >= 4 is 0 Å². The van der Waals surface area contributed by atoms with Crippen LogP contribution < -0.4 is 0 Å². The van der Waals surface area contributed by atoms with Crippen LogP contribution in [0.2, 0.25) is 0 Å². The molecule has 1 N–H and O–H groups in total. The van der Waals surface area contributed by atoms with Crippen molar-refractivity contribution < 1.29 is 27.4 Å². The minimum atomic E-state index is -4.42. The summed E-state index contributed by atoms with van der Waals surface area (Å²) in [5.41, 5.74) is 0. The smallest absolute Gasteiger partial charge is 0.335 e. The van der Waals surface area contributed by atoms with Gasteiger partial charge in [0, 0.05) is 6.61 Å². The van der Waals surface area contributed by atoms with Crippen molar-refractivity contribution in [2.75, 3.05) is 19.8 Å². The number of aliphatic hydroxyl groups excluding tert-OH is 1. The Balaban J connectivity index is 3.74. The Morgan fingerprint density at radius 2 is 1.62 bits per heavy atom. The molecule has 0 aromatic heterocycles. The van der Waals surface area contributed by atoms with Crippen molar-refractivity contribution in [2.45, 2.75) is 44.5 Å². The standard InChI is InChI=1S/C10H18F4O2/c1-2-3-4-5-6-16-8-10(13,14)9(11,12)7-15/h15H,2-8H2,1H3. The Labute approximate surface area is 92.6 Å². The number of hydrogen-bond donors (Lipinski definition) is 1. The molecule has 0 aromatic rings. The zero-order valence-corrected chi connectivity index (χ0v) is 9.32. The number of rotatable bonds is 9. The molecule has 0 heterocycles. The summed E-state index contributed by atoms with van der Waals surface area (Å²) in [6.45, 7) is -1.19. The molecule has 2 nitrogen and oxygen atoms in total. The van der Waals surface area contributed by atoms with Crippen LogP contribution in [0.15, 0.2) is 0 Å². The summed E-state index contributed by atoms with van der Waals surface area (Å²) < 4.78 is 54.9. The Morgan fingerprint density at radius 3 is 2.12 bits per heavy atom. The van der Waals surface area contributed by atoms with Gasteiger partial charge < -0.3 is 9.84 Å². The first-order chi connectivity index (χ1) is 7.37. The summed E-state index contributed by atoms with van der Waals surface area (Å²) in [6.07, 6.45) is 3.37. The molecule has 0 amide bonds. The fraction of sp³-hybridized carbons (Fsp3) is 1.00. The molecule has 0 saturated heterocycles. The zero-order valence-electron chi connectivity index (χ0n) is 9.32. The van der Waals surface area contributed by atoms with Gasteiger partial charge in [0.2, 0.25) is 0 Å². The van der Waals surface area contributed by atoms with Crippen LogP contribution in [-0.4, -0.2) is 36.8 Å². The lowest BCUT2D eigenvalue weighted by molar-refractivity contribution is -0.245. The van der Waals surface area contributed by atoms with Gasteiger partial charge in [0.05, 0.1) is 0 Å². The minimum Gasteiger partial charge on any atom is -0.390 e. The average Bonchev–Trinajstić information content (AvgIpc) is 2.23. The predicted molar refractivity (Wildman–Crippen MR) is 51.9 cm³/mol. The number of unbranched alkanes of at least 4 members (excludes halogenated alkanes) is 3. The largest absolute Gasteiger partial charge is 0.390 e. The number of hydrogen-bond acceptors (Lipinski definition) is 2. The van der Waals surface area contributed by atoms with Crippen LogP contribution in [0.5, 0.6) is 0 Å². The second-order valence-electron chi connectivity index (χ2n) is 3.68. The summed E-state index contributed by atoms with van der Waals surface area (Å²) in [6, 6.07) is 0. The van der Waals surface area contributed by atoms with E-state index >= 15 is 0 Å². The molecular weight excluding hydrogens is 228 g/mol. The normalized spacial score (nSPS) is 13.1. The van der Waals surface area contributed by atoms with Crippen LogP contribution in [0.3, 0.4) is 0 Å². The molecule has 0 radical (unpaired) electrons. The summed E-state index contributed by atoms with van der Waals surface area (Å²) in [4.78, 5) is 0. The second kappa shape index (κ2) is 7.06. The van der Waals surface area contributed by atoms with E-state index in [1.807, 2.05) is 6.92 Å². The first kappa shape index (κ1) is 15.6. The van der Waals surface area contributed by atoms with Gasteiger partial charge in [0.15, 0.2) is 0 Å². The van der Waals surface area contributed by atoms with Crippen molar-refractivity contribution in [1.29, 1.82) is 0 Å². The monoisotopic (exact) mass is 246 g/mol. The molecule has 0 bridgehead atoms. The Morgan fingerprint density at radius 1 is 1.00 bits per heavy atom. The van der Waals surface area contributed by atoms with Crippen molar-refractivity contribution in [2.24, 2.45) is 0 Å². The maximum absolute atomic E-state index is 12.7. The summed E-state index contributed by atoms with van der Waals surface area (Å²) >= 11 is 0. The van der Waals surface area contributed by atoms with E-state index in [0.29, 0.717) is 6.42 Å². The van der Waals surface area contributed by atoms with Gasteiger partial charge in [-0.2, -0.15) is 17.6 Å².